The van der Waals surface area contributed by atoms with E-state index in [1.807, 2.05) is 60.7 Å². The molecule has 1 aliphatic rings. The summed E-state index contributed by atoms with van der Waals surface area (Å²) in [5.74, 6) is 0.204. The number of rotatable bonds is 11. The molecule has 2 N–H and O–H groups in total. The van der Waals surface area contributed by atoms with Gasteiger partial charge in [0, 0.05) is 11.1 Å². The zero-order chi connectivity index (χ0) is 31.9. The van der Waals surface area contributed by atoms with Gasteiger partial charge in [-0.05, 0) is 24.6 Å². The van der Waals surface area contributed by atoms with Crippen molar-refractivity contribution in [2.24, 2.45) is 5.73 Å². The first-order valence-electron chi connectivity index (χ1n) is 14.0. The number of carbonyl (C=O) groups is 1. The average molecular weight is 626 g/mol. The molecular formula is C34H31N3O7S. The third-order valence-electron chi connectivity index (χ3n) is 7.03. The number of esters is 1. The van der Waals surface area contributed by atoms with Gasteiger partial charge in [0.2, 0.25) is 11.6 Å². The molecule has 10 nitrogen and oxygen atoms in total. The van der Waals surface area contributed by atoms with Crippen LogP contribution in [0.4, 0.5) is 0 Å². The van der Waals surface area contributed by atoms with Crippen molar-refractivity contribution in [3.8, 4) is 45.9 Å². The maximum atomic E-state index is 13.6. The summed E-state index contributed by atoms with van der Waals surface area (Å²) in [5, 5.41) is 10.5. The number of methoxy groups -OCH3 is 3. The van der Waals surface area contributed by atoms with Gasteiger partial charge in [0.25, 0.3) is 5.22 Å². The van der Waals surface area contributed by atoms with Gasteiger partial charge in [-0.25, -0.2) is 9.78 Å². The van der Waals surface area contributed by atoms with Crippen molar-refractivity contribution in [2.45, 2.75) is 18.1 Å². The van der Waals surface area contributed by atoms with E-state index in [-0.39, 0.29) is 35.1 Å². The summed E-state index contributed by atoms with van der Waals surface area (Å²) in [6, 6.07) is 24.8. The third kappa shape index (κ3) is 6.32. The molecule has 0 unspecified atom stereocenters. The molecule has 0 fully saturated rings. The molecule has 230 valence electrons. The molecule has 4 aromatic rings. The number of carbonyl (C=O) groups excluding carboxylic acids is 1. The Morgan fingerprint density at radius 3 is 2.16 bits per heavy atom. The van der Waals surface area contributed by atoms with Crippen molar-refractivity contribution in [1.82, 2.24) is 4.98 Å². The van der Waals surface area contributed by atoms with Gasteiger partial charge in [0.1, 0.15) is 23.1 Å². The number of allylic oxidation sites excluding steroid dienone is 1. The predicted molar refractivity (Wildman–Crippen MR) is 169 cm³/mol. The van der Waals surface area contributed by atoms with E-state index < -0.39 is 11.9 Å². The number of hydrogen-bond donors (Lipinski definition) is 1. The lowest BCUT2D eigenvalue weighted by Gasteiger charge is -2.28. The lowest BCUT2D eigenvalue weighted by molar-refractivity contribution is -0.139. The lowest BCUT2D eigenvalue weighted by atomic mass is 9.82. The molecule has 1 aromatic heterocycles. The second-order valence-electron chi connectivity index (χ2n) is 9.62. The highest BCUT2D eigenvalue weighted by Gasteiger charge is 2.39. The van der Waals surface area contributed by atoms with Crippen LogP contribution in [0.1, 0.15) is 18.4 Å². The van der Waals surface area contributed by atoms with E-state index in [0.29, 0.717) is 39.5 Å². The number of aromatic nitrogens is 1. The molecule has 2 heterocycles. The minimum atomic E-state index is -0.948. The molecule has 0 radical (unpaired) electrons. The van der Waals surface area contributed by atoms with Crippen LogP contribution >= 0.6 is 11.8 Å². The quantitative estimate of drug-likeness (QED) is 0.145. The topological polar surface area (TPSA) is 139 Å². The van der Waals surface area contributed by atoms with E-state index in [1.165, 1.54) is 33.1 Å². The molecule has 0 amide bonds. The number of nitriles is 1. The molecule has 45 heavy (non-hydrogen) atoms. The molecule has 0 bridgehead atoms. The SMILES string of the molecule is CCOC(=O)C1=C(CSc2nc(-c3ccccc3)c(-c3ccccc3)o2)OC(N)=C(C#N)[C@H]1c1cc(OC)c(OC)c(OC)c1. The molecule has 11 heteroatoms. The number of ether oxygens (including phenoxy) is 5. The van der Waals surface area contributed by atoms with Crippen LogP contribution < -0.4 is 19.9 Å². The number of nitrogens with two attached hydrogens (primary N) is 1. The van der Waals surface area contributed by atoms with Crippen molar-refractivity contribution in [3.63, 3.8) is 0 Å². The first-order valence-corrected chi connectivity index (χ1v) is 14.9. The van der Waals surface area contributed by atoms with Gasteiger partial charge >= 0.3 is 5.97 Å². The molecule has 0 saturated carbocycles. The Morgan fingerprint density at radius 1 is 0.978 bits per heavy atom. The fraction of sp³-hybridized carbons (Fsp3) is 0.206. The third-order valence-corrected chi connectivity index (χ3v) is 7.86. The Kier molecular flexibility index (Phi) is 9.65. The number of nitrogens with zero attached hydrogens (tertiary/aromatic N) is 2. The van der Waals surface area contributed by atoms with Crippen LogP contribution in [0, 0.1) is 11.3 Å². The minimum absolute atomic E-state index is 0.0370. The van der Waals surface area contributed by atoms with Gasteiger partial charge in [-0.1, -0.05) is 72.4 Å². The first-order chi connectivity index (χ1) is 21.9. The largest absolute Gasteiger partial charge is 0.493 e. The van der Waals surface area contributed by atoms with E-state index in [1.54, 1.807) is 19.1 Å². The zero-order valence-electron chi connectivity index (χ0n) is 25.2. The monoisotopic (exact) mass is 625 g/mol. The van der Waals surface area contributed by atoms with Gasteiger partial charge in [0.05, 0.1) is 45.2 Å². The number of benzene rings is 3. The van der Waals surface area contributed by atoms with Crippen LogP contribution in [0.25, 0.3) is 22.6 Å². The standard InChI is InChI=1S/C34H31N3O7S/c1-5-42-33(38)28-26(43-32(36)23(18-35)27(28)22-16-24(39-2)31(41-4)25(17-22)40-3)19-45-34-37-29(20-12-8-6-9-13-20)30(44-34)21-14-10-7-11-15-21/h6-17,27H,5,19,36H2,1-4H3/t27-/m1/s1. The van der Waals surface area contributed by atoms with Gasteiger partial charge in [-0.3, -0.25) is 0 Å². The summed E-state index contributed by atoms with van der Waals surface area (Å²) in [6.07, 6.45) is 0. The Bertz CT molecular complexity index is 1710. The minimum Gasteiger partial charge on any atom is -0.493 e. The molecule has 5 rings (SSSR count). The Hall–Kier alpha value is -5.34. The second kappa shape index (κ2) is 14.0. The van der Waals surface area contributed by atoms with Crippen LogP contribution in [0.3, 0.4) is 0 Å². The van der Waals surface area contributed by atoms with Crippen LogP contribution in [0.5, 0.6) is 17.2 Å². The average Bonchev–Trinajstić information content (AvgIpc) is 3.51. The molecule has 1 aliphatic heterocycles. The van der Waals surface area contributed by atoms with Crippen molar-refractivity contribution in [3.05, 3.63) is 101 Å². The predicted octanol–water partition coefficient (Wildman–Crippen LogP) is 6.45. The van der Waals surface area contributed by atoms with E-state index in [4.69, 9.17) is 38.8 Å². The summed E-state index contributed by atoms with van der Waals surface area (Å²) in [4.78, 5) is 18.4. The van der Waals surface area contributed by atoms with Crippen molar-refractivity contribution in [1.29, 1.82) is 5.26 Å². The van der Waals surface area contributed by atoms with Crippen molar-refractivity contribution < 1.29 is 32.9 Å². The first kappa shape index (κ1) is 31.1. The highest BCUT2D eigenvalue weighted by molar-refractivity contribution is 7.99. The van der Waals surface area contributed by atoms with E-state index >= 15 is 0 Å². The molecule has 3 aromatic carbocycles. The Balaban J connectivity index is 1.60. The maximum absolute atomic E-state index is 13.6. The van der Waals surface area contributed by atoms with Crippen molar-refractivity contribution >= 4 is 17.7 Å². The molecular weight excluding hydrogens is 594 g/mol. The fourth-order valence-electron chi connectivity index (χ4n) is 5.03. The highest BCUT2D eigenvalue weighted by atomic mass is 32.2. The maximum Gasteiger partial charge on any atom is 0.338 e. The van der Waals surface area contributed by atoms with Gasteiger partial charge in [-0.15, -0.1) is 0 Å². The second-order valence-corrected chi connectivity index (χ2v) is 10.5. The summed E-state index contributed by atoms with van der Waals surface area (Å²) in [7, 11) is 4.45. The van der Waals surface area contributed by atoms with E-state index in [2.05, 4.69) is 6.07 Å². The molecule has 1 atom stereocenters. The summed E-state index contributed by atoms with van der Waals surface area (Å²) in [5.41, 5.74) is 9.38. The molecule has 0 spiro atoms. The fourth-order valence-corrected chi connectivity index (χ4v) is 5.79. The molecule has 0 aliphatic carbocycles. The lowest BCUT2D eigenvalue weighted by Crippen LogP contribution is -2.27. The Labute approximate surface area is 265 Å². The van der Waals surface area contributed by atoms with Crippen LogP contribution in [-0.2, 0) is 14.3 Å². The summed E-state index contributed by atoms with van der Waals surface area (Å²) < 4.78 is 34.2. The smallest absolute Gasteiger partial charge is 0.338 e. The van der Waals surface area contributed by atoms with Gasteiger partial charge in [-0.2, -0.15) is 5.26 Å². The number of hydrogen-bond acceptors (Lipinski definition) is 11. The highest BCUT2D eigenvalue weighted by Crippen LogP contribution is 2.47. The molecule has 0 saturated heterocycles. The number of thioether (sulfide) groups is 1. The Morgan fingerprint density at radius 2 is 1.60 bits per heavy atom. The zero-order valence-corrected chi connectivity index (χ0v) is 26.0. The normalized spacial score (nSPS) is 14.4. The van der Waals surface area contributed by atoms with Crippen molar-refractivity contribution in [2.75, 3.05) is 33.7 Å². The van der Waals surface area contributed by atoms with E-state index in [9.17, 15) is 10.1 Å². The van der Waals surface area contributed by atoms with Crippen LogP contribution in [0.2, 0.25) is 0 Å². The van der Waals surface area contributed by atoms with Gasteiger partial charge in [0.15, 0.2) is 17.3 Å². The van der Waals surface area contributed by atoms with Crippen LogP contribution in [-0.4, -0.2) is 44.6 Å². The van der Waals surface area contributed by atoms with E-state index in [0.717, 1.165) is 11.1 Å². The summed E-state index contributed by atoms with van der Waals surface area (Å²) in [6.45, 7) is 1.80. The van der Waals surface area contributed by atoms with Gasteiger partial charge < -0.3 is 33.8 Å². The number of oxazole rings is 1. The summed E-state index contributed by atoms with van der Waals surface area (Å²) >= 11 is 1.22. The van der Waals surface area contributed by atoms with Crippen LogP contribution in [0.15, 0.2) is 105 Å².